The molecule has 0 heterocycles. The molecule has 0 amide bonds. The van der Waals surface area contributed by atoms with Gasteiger partial charge in [-0.05, 0) is 42.7 Å². The highest BCUT2D eigenvalue weighted by Gasteiger charge is 2.34. The lowest BCUT2D eigenvalue weighted by atomic mass is 9.78. The number of nitrogens with one attached hydrogen (secondary N) is 1. The number of anilines is 2. The van der Waals surface area contributed by atoms with Crippen molar-refractivity contribution in [2.24, 2.45) is 11.3 Å². The summed E-state index contributed by atoms with van der Waals surface area (Å²) in [5, 5.41) is 3.57. The van der Waals surface area contributed by atoms with Crippen LogP contribution in [0.25, 0.3) is 0 Å². The van der Waals surface area contributed by atoms with Crippen LogP contribution >= 0.6 is 0 Å². The Morgan fingerprint density at radius 3 is 2.60 bits per heavy atom. The Morgan fingerprint density at radius 2 is 2.00 bits per heavy atom. The van der Waals surface area contributed by atoms with E-state index in [1.54, 1.807) is 7.11 Å². The fourth-order valence-corrected chi connectivity index (χ4v) is 3.54. The van der Waals surface area contributed by atoms with E-state index in [0.29, 0.717) is 5.41 Å². The average molecular weight is 276 g/mol. The molecule has 3 heteroatoms. The molecule has 2 rings (SSSR count). The first-order valence-corrected chi connectivity index (χ1v) is 7.72. The van der Waals surface area contributed by atoms with Crippen molar-refractivity contribution < 1.29 is 4.74 Å². The van der Waals surface area contributed by atoms with Gasteiger partial charge < -0.3 is 15.8 Å². The van der Waals surface area contributed by atoms with Crippen LogP contribution in [0.1, 0.15) is 46.0 Å². The van der Waals surface area contributed by atoms with Gasteiger partial charge in [0, 0.05) is 12.6 Å². The molecule has 0 aromatic heterocycles. The summed E-state index contributed by atoms with van der Waals surface area (Å²) in [5.74, 6) is 1.60. The summed E-state index contributed by atoms with van der Waals surface area (Å²) < 4.78 is 5.28. The lowest BCUT2D eigenvalue weighted by molar-refractivity contribution is 0.252. The monoisotopic (exact) mass is 276 g/mol. The first-order valence-electron chi connectivity index (χ1n) is 7.72. The van der Waals surface area contributed by atoms with Gasteiger partial charge in [0.05, 0.1) is 18.5 Å². The Labute approximate surface area is 122 Å². The maximum Gasteiger partial charge on any atom is 0.121 e. The second kappa shape index (κ2) is 6.38. The largest absolute Gasteiger partial charge is 0.497 e. The van der Waals surface area contributed by atoms with Crippen molar-refractivity contribution in [3.63, 3.8) is 0 Å². The molecule has 0 aliphatic heterocycles. The lowest BCUT2D eigenvalue weighted by Gasteiger charge is -2.32. The van der Waals surface area contributed by atoms with E-state index in [4.69, 9.17) is 10.5 Å². The van der Waals surface area contributed by atoms with Crippen molar-refractivity contribution >= 4 is 11.4 Å². The number of ether oxygens (including phenoxy) is 1. The number of rotatable bonds is 6. The highest BCUT2D eigenvalue weighted by atomic mass is 16.5. The Balaban J connectivity index is 2.06. The van der Waals surface area contributed by atoms with Crippen LogP contribution in [0.2, 0.25) is 0 Å². The first kappa shape index (κ1) is 15.0. The van der Waals surface area contributed by atoms with E-state index in [1.807, 2.05) is 18.2 Å². The Hall–Kier alpha value is -1.38. The van der Waals surface area contributed by atoms with Gasteiger partial charge in [-0.2, -0.15) is 0 Å². The van der Waals surface area contributed by atoms with E-state index in [-0.39, 0.29) is 0 Å². The fraction of sp³-hybridized carbons (Fsp3) is 0.647. The van der Waals surface area contributed by atoms with Gasteiger partial charge in [-0.15, -0.1) is 0 Å². The molecule has 3 nitrogen and oxygen atoms in total. The zero-order valence-electron chi connectivity index (χ0n) is 13.0. The maximum atomic E-state index is 6.06. The van der Waals surface area contributed by atoms with Crippen LogP contribution in [-0.4, -0.2) is 13.7 Å². The summed E-state index contributed by atoms with van der Waals surface area (Å²) in [5.41, 5.74) is 8.30. The molecule has 1 aromatic carbocycles. The van der Waals surface area contributed by atoms with Gasteiger partial charge in [0.1, 0.15) is 5.75 Å². The van der Waals surface area contributed by atoms with Crippen molar-refractivity contribution in [3.8, 4) is 5.75 Å². The summed E-state index contributed by atoms with van der Waals surface area (Å²) in [4.78, 5) is 0. The zero-order chi connectivity index (χ0) is 14.6. The molecule has 0 bridgehead atoms. The van der Waals surface area contributed by atoms with E-state index in [0.717, 1.165) is 29.6 Å². The van der Waals surface area contributed by atoms with Gasteiger partial charge in [-0.3, -0.25) is 0 Å². The minimum absolute atomic E-state index is 0.448. The van der Waals surface area contributed by atoms with Crippen LogP contribution < -0.4 is 15.8 Å². The van der Waals surface area contributed by atoms with E-state index >= 15 is 0 Å². The molecule has 1 fully saturated rings. The predicted molar refractivity (Wildman–Crippen MR) is 86.3 cm³/mol. The number of benzene rings is 1. The second-order valence-electron chi connectivity index (χ2n) is 6.61. The van der Waals surface area contributed by atoms with Crippen molar-refractivity contribution in [2.45, 2.75) is 46.0 Å². The Bertz CT molecular complexity index is 437. The SMILES string of the molecule is COc1ccc(N)c(NCC2(CC(C)C)CCCC2)c1. The molecule has 0 saturated heterocycles. The highest BCUT2D eigenvalue weighted by molar-refractivity contribution is 5.68. The number of nitrogens with two attached hydrogens (primary N) is 1. The first-order chi connectivity index (χ1) is 9.54. The number of hydrogen-bond donors (Lipinski definition) is 2. The lowest BCUT2D eigenvalue weighted by Crippen LogP contribution is -2.28. The molecule has 112 valence electrons. The molecule has 0 radical (unpaired) electrons. The van der Waals surface area contributed by atoms with Crippen LogP contribution in [0, 0.1) is 11.3 Å². The third-order valence-electron chi connectivity index (χ3n) is 4.42. The number of hydrogen-bond acceptors (Lipinski definition) is 3. The van der Waals surface area contributed by atoms with Gasteiger partial charge in [-0.25, -0.2) is 0 Å². The highest BCUT2D eigenvalue weighted by Crippen LogP contribution is 2.43. The molecule has 0 atom stereocenters. The van der Waals surface area contributed by atoms with Gasteiger partial charge in [-0.1, -0.05) is 26.7 Å². The molecule has 3 N–H and O–H groups in total. The van der Waals surface area contributed by atoms with E-state index in [9.17, 15) is 0 Å². The van der Waals surface area contributed by atoms with Crippen LogP contribution in [-0.2, 0) is 0 Å². The Kier molecular flexibility index (Phi) is 4.79. The molecule has 1 aliphatic rings. The van der Waals surface area contributed by atoms with Gasteiger partial charge in [0.25, 0.3) is 0 Å². The number of nitrogen functional groups attached to an aromatic ring is 1. The van der Waals surface area contributed by atoms with Gasteiger partial charge in [0.2, 0.25) is 0 Å². The molecule has 1 aliphatic carbocycles. The quantitative estimate of drug-likeness (QED) is 0.762. The van der Waals surface area contributed by atoms with E-state index in [2.05, 4.69) is 19.2 Å². The maximum absolute atomic E-state index is 6.06. The van der Waals surface area contributed by atoms with E-state index in [1.165, 1.54) is 32.1 Å². The normalized spacial score (nSPS) is 17.4. The molecule has 0 spiro atoms. The molecular formula is C17H28N2O. The minimum Gasteiger partial charge on any atom is -0.497 e. The molecule has 1 aromatic rings. The van der Waals surface area contributed by atoms with E-state index < -0.39 is 0 Å². The molecule has 0 unspecified atom stereocenters. The third-order valence-corrected chi connectivity index (χ3v) is 4.42. The summed E-state index contributed by atoms with van der Waals surface area (Å²) in [6.07, 6.45) is 6.69. The topological polar surface area (TPSA) is 47.3 Å². The molecule has 20 heavy (non-hydrogen) atoms. The van der Waals surface area contributed by atoms with Crippen molar-refractivity contribution in [2.75, 3.05) is 24.7 Å². The molecule has 1 saturated carbocycles. The van der Waals surface area contributed by atoms with Crippen LogP contribution in [0.3, 0.4) is 0 Å². The van der Waals surface area contributed by atoms with Gasteiger partial charge >= 0.3 is 0 Å². The third kappa shape index (κ3) is 3.59. The fourth-order valence-electron chi connectivity index (χ4n) is 3.54. The number of methoxy groups -OCH3 is 1. The summed E-state index contributed by atoms with van der Waals surface area (Å²) in [6.45, 7) is 5.66. The summed E-state index contributed by atoms with van der Waals surface area (Å²) in [6, 6.07) is 5.80. The standard InChI is InChI=1S/C17H28N2O/c1-13(2)11-17(8-4-5-9-17)12-19-16-10-14(20-3)6-7-15(16)18/h6-7,10,13,19H,4-5,8-9,11-12,18H2,1-3H3. The zero-order valence-corrected chi connectivity index (χ0v) is 13.0. The molecular weight excluding hydrogens is 248 g/mol. The predicted octanol–water partition coefficient (Wildman–Crippen LogP) is 4.30. The summed E-state index contributed by atoms with van der Waals surface area (Å²) >= 11 is 0. The Morgan fingerprint density at radius 1 is 1.30 bits per heavy atom. The van der Waals surface area contributed by atoms with Crippen molar-refractivity contribution in [1.29, 1.82) is 0 Å². The summed E-state index contributed by atoms with van der Waals surface area (Å²) in [7, 11) is 1.69. The van der Waals surface area contributed by atoms with Crippen molar-refractivity contribution in [3.05, 3.63) is 18.2 Å². The van der Waals surface area contributed by atoms with Crippen molar-refractivity contribution in [1.82, 2.24) is 0 Å². The smallest absolute Gasteiger partial charge is 0.121 e. The van der Waals surface area contributed by atoms with Crippen LogP contribution in [0.5, 0.6) is 5.75 Å². The van der Waals surface area contributed by atoms with Gasteiger partial charge in [0.15, 0.2) is 0 Å². The van der Waals surface area contributed by atoms with Crippen LogP contribution in [0.15, 0.2) is 18.2 Å². The minimum atomic E-state index is 0.448. The average Bonchev–Trinajstić information content (AvgIpc) is 2.86. The van der Waals surface area contributed by atoms with Crippen LogP contribution in [0.4, 0.5) is 11.4 Å². The second-order valence-corrected chi connectivity index (χ2v) is 6.61.